The maximum absolute atomic E-state index is 12.3. The molecule has 3 aromatic rings. The third kappa shape index (κ3) is 4.17. The molecule has 4 rings (SSSR count). The van der Waals surface area contributed by atoms with E-state index in [1.807, 2.05) is 43.3 Å². The predicted octanol–water partition coefficient (Wildman–Crippen LogP) is 3.46. The molecule has 0 spiro atoms. The number of ether oxygens (including phenoxy) is 2. The first-order chi connectivity index (χ1) is 14.5. The van der Waals surface area contributed by atoms with Gasteiger partial charge in [0.1, 0.15) is 5.75 Å². The first kappa shape index (κ1) is 19.6. The van der Waals surface area contributed by atoms with E-state index >= 15 is 0 Å². The van der Waals surface area contributed by atoms with Crippen LogP contribution in [0.3, 0.4) is 0 Å². The van der Waals surface area contributed by atoms with Crippen molar-refractivity contribution in [2.75, 3.05) is 18.1 Å². The number of carbonyl (C=O) groups excluding carboxylic acids is 2. The Bertz CT molecular complexity index is 1060. The lowest BCUT2D eigenvalue weighted by molar-refractivity contribution is -0.149. The molecule has 8 nitrogen and oxygen atoms in total. The van der Waals surface area contributed by atoms with Crippen LogP contribution in [-0.4, -0.2) is 35.2 Å². The Labute approximate surface area is 173 Å². The Kier molecular flexibility index (Phi) is 5.47. The van der Waals surface area contributed by atoms with Gasteiger partial charge < -0.3 is 18.8 Å². The Balaban J connectivity index is 1.36. The van der Waals surface area contributed by atoms with E-state index in [1.54, 1.807) is 19.1 Å². The number of hydrogen-bond acceptors (Lipinski definition) is 7. The average molecular weight is 407 g/mol. The molecule has 1 atom stereocenters. The van der Waals surface area contributed by atoms with Crippen LogP contribution < -0.4 is 9.64 Å². The molecule has 8 heteroatoms. The maximum Gasteiger partial charge on any atom is 0.308 e. The highest BCUT2D eigenvalue weighted by molar-refractivity contribution is 5.98. The SMILES string of the molecule is Cc1ccc(-c2nnc([C@H](C)OC(=O)CCN3C(=O)COc4ccccc43)o2)cc1. The number of rotatable bonds is 6. The molecule has 1 aliphatic heterocycles. The van der Waals surface area contributed by atoms with Crippen molar-refractivity contribution in [1.29, 1.82) is 0 Å². The molecule has 154 valence electrons. The van der Waals surface area contributed by atoms with Gasteiger partial charge in [-0.25, -0.2) is 0 Å². The highest BCUT2D eigenvalue weighted by Gasteiger charge is 2.26. The molecule has 1 aromatic heterocycles. The summed E-state index contributed by atoms with van der Waals surface area (Å²) in [7, 11) is 0. The molecule has 1 amide bonds. The molecule has 0 N–H and O–H groups in total. The maximum atomic E-state index is 12.3. The summed E-state index contributed by atoms with van der Waals surface area (Å²) in [6, 6.07) is 14.9. The van der Waals surface area contributed by atoms with Gasteiger partial charge in [-0.3, -0.25) is 9.59 Å². The van der Waals surface area contributed by atoms with Crippen LogP contribution in [0.15, 0.2) is 52.9 Å². The van der Waals surface area contributed by atoms with Crippen molar-refractivity contribution in [3.05, 3.63) is 60.0 Å². The zero-order chi connectivity index (χ0) is 21.1. The number of hydrogen-bond donors (Lipinski definition) is 0. The lowest BCUT2D eigenvalue weighted by Crippen LogP contribution is -2.40. The number of amides is 1. The largest absolute Gasteiger partial charge is 0.482 e. The van der Waals surface area contributed by atoms with Gasteiger partial charge in [0.25, 0.3) is 11.8 Å². The molecule has 0 saturated carbocycles. The monoisotopic (exact) mass is 407 g/mol. The Morgan fingerprint density at radius 2 is 1.93 bits per heavy atom. The van der Waals surface area contributed by atoms with Gasteiger partial charge in [0.2, 0.25) is 5.89 Å². The normalized spacial score (nSPS) is 14.1. The molecule has 0 fully saturated rings. The van der Waals surface area contributed by atoms with E-state index in [0.717, 1.165) is 11.1 Å². The van der Waals surface area contributed by atoms with Crippen molar-refractivity contribution >= 4 is 17.6 Å². The fraction of sp³-hybridized carbons (Fsp3) is 0.273. The van der Waals surface area contributed by atoms with Crippen molar-refractivity contribution in [2.45, 2.75) is 26.4 Å². The zero-order valence-corrected chi connectivity index (χ0v) is 16.7. The quantitative estimate of drug-likeness (QED) is 0.578. The van der Waals surface area contributed by atoms with Crippen LogP contribution in [0.4, 0.5) is 5.69 Å². The summed E-state index contributed by atoms with van der Waals surface area (Å²) in [6.45, 7) is 3.81. The molecule has 2 aromatic carbocycles. The molecular formula is C22H21N3O5. The molecule has 2 heterocycles. The number of aryl methyl sites for hydroxylation is 1. The van der Waals surface area contributed by atoms with Gasteiger partial charge in [-0.1, -0.05) is 29.8 Å². The summed E-state index contributed by atoms with van der Waals surface area (Å²) in [5.41, 5.74) is 2.57. The van der Waals surface area contributed by atoms with Crippen molar-refractivity contribution in [3.8, 4) is 17.2 Å². The van der Waals surface area contributed by atoms with Crippen LogP contribution in [0.2, 0.25) is 0 Å². The smallest absolute Gasteiger partial charge is 0.308 e. The minimum atomic E-state index is -0.697. The number of aromatic nitrogens is 2. The number of carbonyl (C=O) groups is 2. The standard InChI is InChI=1S/C22H21N3O5/c1-14-7-9-16(10-8-14)22-24-23-21(30-22)15(2)29-20(27)11-12-25-17-5-3-4-6-18(17)28-13-19(25)26/h3-10,15H,11-13H2,1-2H3/t15-/m0/s1. The third-order valence-electron chi connectivity index (χ3n) is 4.74. The van der Waals surface area contributed by atoms with Crippen LogP contribution in [0, 0.1) is 6.92 Å². The fourth-order valence-electron chi connectivity index (χ4n) is 3.12. The second-order valence-electron chi connectivity index (χ2n) is 7.00. The summed E-state index contributed by atoms with van der Waals surface area (Å²) in [4.78, 5) is 26.0. The van der Waals surface area contributed by atoms with Gasteiger partial charge in [0.05, 0.1) is 12.1 Å². The van der Waals surface area contributed by atoms with E-state index in [1.165, 1.54) is 4.90 Å². The average Bonchev–Trinajstić information content (AvgIpc) is 3.24. The van der Waals surface area contributed by atoms with E-state index in [0.29, 0.717) is 17.3 Å². The van der Waals surface area contributed by atoms with E-state index < -0.39 is 12.1 Å². The molecule has 0 aliphatic carbocycles. The number of fused-ring (bicyclic) bond motifs is 1. The van der Waals surface area contributed by atoms with Crippen molar-refractivity contribution < 1.29 is 23.5 Å². The fourth-order valence-corrected chi connectivity index (χ4v) is 3.12. The van der Waals surface area contributed by atoms with Gasteiger partial charge in [-0.05, 0) is 38.1 Å². The second-order valence-corrected chi connectivity index (χ2v) is 7.00. The number of esters is 1. The summed E-state index contributed by atoms with van der Waals surface area (Å²) in [5.74, 6) is 0.534. The van der Waals surface area contributed by atoms with E-state index in [9.17, 15) is 9.59 Å². The van der Waals surface area contributed by atoms with Gasteiger partial charge in [-0.15, -0.1) is 10.2 Å². The summed E-state index contributed by atoms with van der Waals surface area (Å²) >= 11 is 0. The summed E-state index contributed by atoms with van der Waals surface area (Å²) in [6.07, 6.45) is -0.666. The van der Waals surface area contributed by atoms with Crippen LogP contribution in [0.5, 0.6) is 5.75 Å². The minimum absolute atomic E-state index is 0.0311. The Hall–Kier alpha value is -3.68. The minimum Gasteiger partial charge on any atom is -0.482 e. The summed E-state index contributed by atoms with van der Waals surface area (Å²) < 4.78 is 16.5. The van der Waals surface area contributed by atoms with Crippen molar-refractivity contribution in [2.24, 2.45) is 0 Å². The first-order valence-electron chi connectivity index (χ1n) is 9.63. The summed E-state index contributed by atoms with van der Waals surface area (Å²) in [5, 5.41) is 8.01. The van der Waals surface area contributed by atoms with Crippen LogP contribution in [-0.2, 0) is 14.3 Å². The molecule has 1 aliphatic rings. The molecule has 0 saturated heterocycles. The lowest BCUT2D eigenvalue weighted by Gasteiger charge is -2.29. The van der Waals surface area contributed by atoms with Gasteiger partial charge in [0, 0.05) is 12.1 Å². The second kappa shape index (κ2) is 8.36. The van der Waals surface area contributed by atoms with Gasteiger partial charge >= 0.3 is 5.97 Å². The van der Waals surface area contributed by atoms with Crippen molar-refractivity contribution in [3.63, 3.8) is 0 Å². The lowest BCUT2D eigenvalue weighted by atomic mass is 10.1. The van der Waals surface area contributed by atoms with E-state index in [-0.39, 0.29) is 31.4 Å². The Morgan fingerprint density at radius 3 is 2.73 bits per heavy atom. The predicted molar refractivity (Wildman–Crippen MR) is 108 cm³/mol. The molecular weight excluding hydrogens is 386 g/mol. The molecule has 0 unspecified atom stereocenters. The van der Waals surface area contributed by atoms with Gasteiger partial charge in [-0.2, -0.15) is 0 Å². The van der Waals surface area contributed by atoms with Crippen LogP contribution >= 0.6 is 0 Å². The number of para-hydroxylation sites is 2. The van der Waals surface area contributed by atoms with E-state index in [2.05, 4.69) is 10.2 Å². The van der Waals surface area contributed by atoms with E-state index in [4.69, 9.17) is 13.9 Å². The van der Waals surface area contributed by atoms with Crippen LogP contribution in [0.25, 0.3) is 11.5 Å². The zero-order valence-electron chi connectivity index (χ0n) is 16.7. The topological polar surface area (TPSA) is 94.8 Å². The highest BCUT2D eigenvalue weighted by Crippen LogP contribution is 2.31. The number of anilines is 1. The molecule has 0 bridgehead atoms. The third-order valence-corrected chi connectivity index (χ3v) is 4.74. The number of benzene rings is 2. The first-order valence-corrected chi connectivity index (χ1v) is 9.63. The molecule has 0 radical (unpaired) electrons. The van der Waals surface area contributed by atoms with Gasteiger partial charge in [0.15, 0.2) is 12.7 Å². The van der Waals surface area contributed by atoms with Crippen molar-refractivity contribution in [1.82, 2.24) is 10.2 Å². The molecule has 30 heavy (non-hydrogen) atoms. The Morgan fingerprint density at radius 1 is 1.17 bits per heavy atom. The van der Waals surface area contributed by atoms with Crippen LogP contribution in [0.1, 0.15) is 30.9 Å². The highest BCUT2D eigenvalue weighted by atomic mass is 16.6. The number of nitrogens with zero attached hydrogens (tertiary/aromatic N) is 3.